The van der Waals surface area contributed by atoms with Crippen molar-refractivity contribution in [3.8, 4) is 0 Å². The Bertz CT molecular complexity index is 1460. The molecule has 1 unspecified atom stereocenters. The number of aromatic nitrogens is 3. The molecule has 2 aromatic heterocycles. The lowest BCUT2D eigenvalue weighted by Crippen LogP contribution is -2.58. The summed E-state index contributed by atoms with van der Waals surface area (Å²) in [6.07, 6.45) is 2.35. The Labute approximate surface area is 212 Å². The highest BCUT2D eigenvalue weighted by molar-refractivity contribution is 6.31. The van der Waals surface area contributed by atoms with Gasteiger partial charge in [0.2, 0.25) is 5.91 Å². The minimum absolute atomic E-state index is 0.00263. The molecule has 1 aliphatic heterocycles. The summed E-state index contributed by atoms with van der Waals surface area (Å²) in [7, 11) is 0. The predicted molar refractivity (Wildman–Crippen MR) is 137 cm³/mol. The predicted octanol–water partition coefficient (Wildman–Crippen LogP) is 2.68. The van der Waals surface area contributed by atoms with Crippen molar-refractivity contribution in [2.24, 2.45) is 0 Å². The fraction of sp³-hybridized carbons (Fsp3) is 0.231. The maximum absolute atomic E-state index is 12.8. The Hall–Kier alpha value is -4.11. The van der Waals surface area contributed by atoms with Gasteiger partial charge in [-0.15, -0.1) is 0 Å². The fourth-order valence-corrected chi connectivity index (χ4v) is 4.56. The van der Waals surface area contributed by atoms with E-state index in [1.807, 2.05) is 36.4 Å². The summed E-state index contributed by atoms with van der Waals surface area (Å²) in [5, 5.41) is 14.4. The van der Waals surface area contributed by atoms with Crippen LogP contribution in [0.1, 0.15) is 16.8 Å². The lowest BCUT2D eigenvalue weighted by molar-refractivity contribution is -0.124. The van der Waals surface area contributed by atoms with Crippen LogP contribution in [-0.2, 0) is 24.3 Å². The minimum Gasteiger partial charge on any atom is -0.350 e. The first-order valence-electron chi connectivity index (χ1n) is 11.6. The number of carbonyl (C=O) groups excluding carboxylic acids is 2. The van der Waals surface area contributed by atoms with E-state index in [4.69, 9.17) is 11.6 Å². The number of hydrogen-bond acceptors (Lipinski definition) is 4. The van der Waals surface area contributed by atoms with Crippen LogP contribution in [0.4, 0.5) is 4.79 Å². The Kier molecular flexibility index (Phi) is 6.73. The molecule has 0 spiro atoms. The molecule has 9 nitrogen and oxygen atoms in total. The quantitative estimate of drug-likeness (QED) is 0.375. The van der Waals surface area contributed by atoms with Gasteiger partial charge in [-0.2, -0.15) is 5.10 Å². The molecule has 10 heteroatoms. The summed E-state index contributed by atoms with van der Waals surface area (Å²) in [5.41, 5.74) is 3.51. The summed E-state index contributed by atoms with van der Waals surface area (Å²) in [4.78, 5) is 38.6. The third kappa shape index (κ3) is 5.41. The third-order valence-corrected chi connectivity index (χ3v) is 6.43. The maximum atomic E-state index is 12.8. The number of H-pyrrole nitrogens is 1. The maximum Gasteiger partial charge on any atom is 0.318 e. The second kappa shape index (κ2) is 10.2. The summed E-state index contributed by atoms with van der Waals surface area (Å²) < 4.78 is 1.65. The summed E-state index contributed by atoms with van der Waals surface area (Å²) in [6.45, 7) is 1.13. The van der Waals surface area contributed by atoms with Crippen LogP contribution < -0.4 is 16.2 Å². The number of fused-ring (bicyclic) bond motifs is 1. The first kappa shape index (κ1) is 23.6. The molecular formula is C26H25ClN6O3. The minimum atomic E-state index is -0.316. The normalized spacial score (nSPS) is 15.6. The lowest BCUT2D eigenvalue weighted by atomic mass is 10.0. The topological polar surface area (TPSA) is 112 Å². The standard InChI is InChI=1S/C26H25ClN6O3/c27-19-8-9-22-21(12-19)23(31-30-22)13-28-26(36)33-15-20(29-24(34)16-33)11-17-4-6-18(7-5-17)14-32-10-2-1-3-25(32)35/h1-10,12,20H,11,13-16H2,(H,28,36)(H,29,34)(H,30,31). The number of urea groups is 1. The van der Waals surface area contributed by atoms with E-state index in [1.54, 1.807) is 29.0 Å². The van der Waals surface area contributed by atoms with Crippen molar-refractivity contribution in [1.82, 2.24) is 30.3 Å². The van der Waals surface area contributed by atoms with Crippen LogP contribution in [0.3, 0.4) is 0 Å². The Morgan fingerprint density at radius 2 is 1.89 bits per heavy atom. The largest absolute Gasteiger partial charge is 0.350 e. The Morgan fingerprint density at radius 3 is 2.69 bits per heavy atom. The molecule has 0 saturated carbocycles. The van der Waals surface area contributed by atoms with Crippen LogP contribution in [0.25, 0.3) is 10.9 Å². The number of carbonyl (C=O) groups is 2. The molecule has 3 heterocycles. The molecular weight excluding hydrogens is 480 g/mol. The van der Waals surface area contributed by atoms with E-state index in [9.17, 15) is 14.4 Å². The highest BCUT2D eigenvalue weighted by Gasteiger charge is 2.28. The second-order valence-corrected chi connectivity index (χ2v) is 9.29. The molecule has 1 fully saturated rings. The van der Waals surface area contributed by atoms with Crippen LogP contribution >= 0.6 is 11.6 Å². The number of nitrogens with zero attached hydrogens (tertiary/aromatic N) is 3. The summed E-state index contributed by atoms with van der Waals surface area (Å²) in [5.74, 6) is -0.194. The van der Waals surface area contributed by atoms with Gasteiger partial charge in [0.05, 0.1) is 30.3 Å². The van der Waals surface area contributed by atoms with E-state index in [1.165, 1.54) is 11.0 Å². The first-order valence-corrected chi connectivity index (χ1v) is 12.0. The molecule has 184 valence electrons. The van der Waals surface area contributed by atoms with E-state index in [0.717, 1.165) is 27.7 Å². The molecule has 1 atom stereocenters. The van der Waals surface area contributed by atoms with E-state index in [-0.39, 0.29) is 36.6 Å². The van der Waals surface area contributed by atoms with Gasteiger partial charge in [0.15, 0.2) is 0 Å². The average Bonchev–Trinajstić information content (AvgIpc) is 3.26. The molecule has 0 radical (unpaired) electrons. The van der Waals surface area contributed by atoms with Crippen LogP contribution in [0, 0.1) is 0 Å². The third-order valence-electron chi connectivity index (χ3n) is 6.20. The molecule has 2 aromatic carbocycles. The number of benzene rings is 2. The number of rotatable bonds is 6. The first-order chi connectivity index (χ1) is 17.4. The molecule has 3 amide bonds. The van der Waals surface area contributed by atoms with Gasteiger partial charge < -0.3 is 20.1 Å². The van der Waals surface area contributed by atoms with E-state index in [0.29, 0.717) is 24.5 Å². The van der Waals surface area contributed by atoms with Crippen molar-refractivity contribution in [3.63, 3.8) is 0 Å². The highest BCUT2D eigenvalue weighted by Crippen LogP contribution is 2.20. The van der Waals surface area contributed by atoms with Crippen LogP contribution in [0.2, 0.25) is 5.02 Å². The van der Waals surface area contributed by atoms with Gasteiger partial charge >= 0.3 is 6.03 Å². The van der Waals surface area contributed by atoms with Crippen molar-refractivity contribution in [3.05, 3.63) is 99.1 Å². The van der Waals surface area contributed by atoms with E-state index < -0.39 is 0 Å². The van der Waals surface area contributed by atoms with Gasteiger partial charge in [-0.25, -0.2) is 4.79 Å². The summed E-state index contributed by atoms with van der Waals surface area (Å²) in [6, 6.07) is 17.9. The van der Waals surface area contributed by atoms with Gasteiger partial charge in [-0.05, 0) is 41.8 Å². The van der Waals surface area contributed by atoms with Crippen molar-refractivity contribution < 1.29 is 9.59 Å². The van der Waals surface area contributed by atoms with Crippen LogP contribution in [0.15, 0.2) is 71.7 Å². The van der Waals surface area contributed by atoms with Crippen molar-refractivity contribution in [1.29, 1.82) is 0 Å². The molecule has 3 N–H and O–H groups in total. The van der Waals surface area contributed by atoms with E-state index >= 15 is 0 Å². The van der Waals surface area contributed by atoms with Gasteiger partial charge in [0, 0.05) is 29.2 Å². The number of pyridine rings is 1. The fourth-order valence-electron chi connectivity index (χ4n) is 4.39. The number of halogens is 1. The monoisotopic (exact) mass is 504 g/mol. The van der Waals surface area contributed by atoms with Gasteiger partial charge in [0.1, 0.15) is 6.54 Å². The number of hydrogen-bond donors (Lipinski definition) is 3. The Morgan fingerprint density at radius 1 is 1.08 bits per heavy atom. The van der Waals surface area contributed by atoms with Gasteiger partial charge in [0.25, 0.3) is 5.56 Å². The zero-order chi connectivity index (χ0) is 25.1. The van der Waals surface area contributed by atoms with Crippen molar-refractivity contribution >= 4 is 34.4 Å². The molecule has 0 bridgehead atoms. The SMILES string of the molecule is O=C1CN(C(=O)NCc2[nH]nc3ccc(Cl)cc23)CC(Cc2ccc(Cn3ccccc3=O)cc2)N1. The smallest absolute Gasteiger partial charge is 0.318 e. The number of nitrogens with one attached hydrogen (secondary N) is 3. The van der Waals surface area contributed by atoms with Crippen LogP contribution in [-0.4, -0.2) is 50.7 Å². The zero-order valence-corrected chi connectivity index (χ0v) is 20.2. The zero-order valence-electron chi connectivity index (χ0n) is 19.4. The highest BCUT2D eigenvalue weighted by atomic mass is 35.5. The number of piperazine rings is 1. The lowest BCUT2D eigenvalue weighted by Gasteiger charge is -2.33. The van der Waals surface area contributed by atoms with Gasteiger partial charge in [-0.1, -0.05) is 41.9 Å². The van der Waals surface area contributed by atoms with Crippen molar-refractivity contribution in [2.45, 2.75) is 25.6 Å². The van der Waals surface area contributed by atoms with Gasteiger partial charge in [-0.3, -0.25) is 14.7 Å². The number of amides is 3. The molecule has 5 rings (SSSR count). The summed E-state index contributed by atoms with van der Waals surface area (Å²) >= 11 is 6.09. The number of aromatic amines is 1. The average molecular weight is 505 g/mol. The van der Waals surface area contributed by atoms with Crippen LogP contribution in [0.5, 0.6) is 0 Å². The molecule has 1 aliphatic rings. The second-order valence-electron chi connectivity index (χ2n) is 8.85. The molecule has 36 heavy (non-hydrogen) atoms. The molecule has 0 aliphatic carbocycles. The molecule has 4 aromatic rings. The Balaban J connectivity index is 1.18. The van der Waals surface area contributed by atoms with E-state index in [2.05, 4.69) is 20.8 Å². The molecule has 1 saturated heterocycles. The van der Waals surface area contributed by atoms with Crippen molar-refractivity contribution in [2.75, 3.05) is 13.1 Å².